The molecule has 0 heterocycles. The Morgan fingerprint density at radius 1 is 1.06 bits per heavy atom. The Morgan fingerprint density at radius 2 is 1.79 bits per heavy atom. The van der Waals surface area contributed by atoms with Crippen LogP contribution < -0.4 is 5.32 Å². The molecule has 2 rings (SSSR count). The lowest BCUT2D eigenvalue weighted by Crippen LogP contribution is -2.18. The van der Waals surface area contributed by atoms with Gasteiger partial charge in [0.15, 0.2) is 0 Å². The zero-order valence-corrected chi connectivity index (χ0v) is 21.2. The molecule has 0 bridgehead atoms. The van der Waals surface area contributed by atoms with Crippen molar-refractivity contribution in [1.29, 1.82) is 0 Å². The highest BCUT2D eigenvalue weighted by molar-refractivity contribution is 7.99. The summed E-state index contributed by atoms with van der Waals surface area (Å²) in [4.78, 5) is 8.79. The second-order valence-corrected chi connectivity index (χ2v) is 10.6. The third-order valence-electron chi connectivity index (χ3n) is 5.46. The van der Waals surface area contributed by atoms with Crippen molar-refractivity contribution in [3.8, 4) is 0 Å². The highest BCUT2D eigenvalue weighted by Gasteiger charge is 2.33. The normalized spacial score (nSPS) is 13.3. The van der Waals surface area contributed by atoms with E-state index in [1.165, 1.54) is 30.0 Å². The van der Waals surface area contributed by atoms with Crippen LogP contribution in [0.5, 0.6) is 0 Å². The fourth-order valence-corrected chi connectivity index (χ4v) is 5.00. The van der Waals surface area contributed by atoms with E-state index in [9.17, 15) is 22.1 Å². The highest BCUT2D eigenvalue weighted by atomic mass is 32.2. The van der Waals surface area contributed by atoms with E-state index in [-0.39, 0.29) is 29.3 Å². The molecule has 0 spiro atoms. The van der Waals surface area contributed by atoms with E-state index in [2.05, 4.69) is 9.84 Å². The molecule has 0 aliphatic rings. The summed E-state index contributed by atoms with van der Waals surface area (Å²) in [5.41, 5.74) is 0.179. The Labute approximate surface area is 203 Å². The van der Waals surface area contributed by atoms with Gasteiger partial charge >= 0.3 is 14.4 Å². The standard InChI is InChI=1S/C24H32F4NO3PS/c1-23(2,19-8-3-4-9-21(19)25)12-5-6-15-34-22-11-10-18(16-20(22)24(26,27)28)17-29-13-7-14-32-33(30)31/h3-4,8-11,16,29,33H,5-7,12-15,17H2,1-2H3,(H,30,31). The van der Waals surface area contributed by atoms with Crippen molar-refractivity contribution >= 4 is 20.0 Å². The summed E-state index contributed by atoms with van der Waals surface area (Å²) in [6.07, 6.45) is -1.72. The molecule has 0 saturated heterocycles. The van der Waals surface area contributed by atoms with Crippen LogP contribution in [0.15, 0.2) is 47.4 Å². The van der Waals surface area contributed by atoms with E-state index in [0.717, 1.165) is 19.3 Å². The summed E-state index contributed by atoms with van der Waals surface area (Å²) in [7, 11) is -2.95. The predicted octanol–water partition coefficient (Wildman–Crippen LogP) is 6.96. The molecular weight excluding hydrogens is 489 g/mol. The van der Waals surface area contributed by atoms with Crippen LogP contribution in [0, 0.1) is 5.82 Å². The van der Waals surface area contributed by atoms with Gasteiger partial charge in [-0.2, -0.15) is 13.2 Å². The zero-order chi connectivity index (χ0) is 25.2. The molecule has 2 N–H and O–H groups in total. The SMILES string of the molecule is CC(C)(CCCCSc1ccc(CNCCCO[PH](=O)O)cc1C(F)(F)F)c1ccccc1F. The molecule has 0 radical (unpaired) electrons. The maximum atomic E-state index is 14.1. The maximum absolute atomic E-state index is 14.1. The first kappa shape index (κ1) is 28.9. The first-order chi connectivity index (χ1) is 16.0. The Kier molecular flexibility index (Phi) is 11.6. The molecule has 10 heteroatoms. The first-order valence-corrected chi connectivity index (χ1v) is 13.4. The van der Waals surface area contributed by atoms with Crippen molar-refractivity contribution in [2.45, 2.75) is 62.6 Å². The van der Waals surface area contributed by atoms with Gasteiger partial charge in [-0.3, -0.25) is 4.57 Å². The van der Waals surface area contributed by atoms with Crippen LogP contribution in [0.4, 0.5) is 17.6 Å². The number of hydrogen-bond donors (Lipinski definition) is 2. The summed E-state index contributed by atoms with van der Waals surface area (Å²) in [6, 6.07) is 11.0. The van der Waals surface area contributed by atoms with Crippen molar-refractivity contribution < 1.29 is 31.5 Å². The van der Waals surface area contributed by atoms with E-state index in [0.29, 0.717) is 29.8 Å². The molecular formula is C24H32F4NO3PS. The van der Waals surface area contributed by atoms with Crippen LogP contribution in [0.1, 0.15) is 56.2 Å². The molecule has 34 heavy (non-hydrogen) atoms. The molecule has 0 fully saturated rings. The molecule has 1 unspecified atom stereocenters. The summed E-state index contributed by atoms with van der Waals surface area (Å²) < 4.78 is 70.0. The second-order valence-electron chi connectivity index (χ2n) is 8.64. The average Bonchev–Trinajstić information content (AvgIpc) is 2.75. The third-order valence-corrected chi connectivity index (χ3v) is 7.07. The molecule has 1 atom stereocenters. The summed E-state index contributed by atoms with van der Waals surface area (Å²) in [5, 5.41) is 3.01. The number of thioether (sulfide) groups is 1. The highest BCUT2D eigenvalue weighted by Crippen LogP contribution is 2.38. The molecule has 190 valence electrons. The van der Waals surface area contributed by atoms with Gasteiger partial charge < -0.3 is 14.7 Å². The number of nitrogens with one attached hydrogen (secondary N) is 1. The fourth-order valence-electron chi connectivity index (χ4n) is 3.62. The number of hydrogen-bond acceptors (Lipinski definition) is 4. The third kappa shape index (κ3) is 9.70. The van der Waals surface area contributed by atoms with Gasteiger partial charge in [0.25, 0.3) is 0 Å². The lowest BCUT2D eigenvalue weighted by Gasteiger charge is -2.25. The van der Waals surface area contributed by atoms with E-state index >= 15 is 0 Å². The summed E-state index contributed by atoms with van der Waals surface area (Å²) in [6.45, 7) is 4.79. The first-order valence-electron chi connectivity index (χ1n) is 11.1. The van der Waals surface area contributed by atoms with Gasteiger partial charge in [0.1, 0.15) is 5.82 Å². The fraction of sp³-hybridized carbons (Fsp3) is 0.500. The minimum atomic E-state index is -4.45. The lowest BCUT2D eigenvalue weighted by molar-refractivity contribution is -0.139. The molecule has 0 aromatic heterocycles. The Balaban J connectivity index is 1.85. The number of halogens is 4. The molecule has 4 nitrogen and oxygen atoms in total. The van der Waals surface area contributed by atoms with Gasteiger partial charge in [0, 0.05) is 11.4 Å². The van der Waals surface area contributed by atoms with Crippen molar-refractivity contribution in [3.05, 3.63) is 65.0 Å². The largest absolute Gasteiger partial charge is 0.417 e. The van der Waals surface area contributed by atoms with E-state index in [1.807, 2.05) is 19.9 Å². The quantitative estimate of drug-likeness (QED) is 0.122. The molecule has 0 aliphatic carbocycles. The minimum absolute atomic E-state index is 0.113. The van der Waals surface area contributed by atoms with Crippen molar-refractivity contribution in [1.82, 2.24) is 5.32 Å². The molecule has 0 saturated carbocycles. The van der Waals surface area contributed by atoms with Gasteiger partial charge in [-0.1, -0.05) is 44.5 Å². The Bertz CT molecular complexity index is 941. The summed E-state index contributed by atoms with van der Waals surface area (Å²) >= 11 is 1.19. The Hall–Kier alpha value is -1.38. The van der Waals surface area contributed by atoms with Gasteiger partial charge in [-0.05, 0) is 66.3 Å². The number of benzene rings is 2. The van der Waals surface area contributed by atoms with Gasteiger partial charge in [-0.25, -0.2) is 4.39 Å². The van der Waals surface area contributed by atoms with Crippen LogP contribution in [0.3, 0.4) is 0 Å². The van der Waals surface area contributed by atoms with Crippen molar-refractivity contribution in [2.24, 2.45) is 0 Å². The second kappa shape index (κ2) is 13.6. The molecule has 0 aliphatic heterocycles. The minimum Gasteiger partial charge on any atom is -0.326 e. The molecule has 0 amide bonds. The van der Waals surface area contributed by atoms with Gasteiger partial charge in [0.05, 0.1) is 12.2 Å². The molecule has 2 aromatic carbocycles. The van der Waals surface area contributed by atoms with Crippen molar-refractivity contribution in [2.75, 3.05) is 18.9 Å². The number of unbranched alkanes of at least 4 members (excludes halogenated alkanes) is 1. The smallest absolute Gasteiger partial charge is 0.326 e. The van der Waals surface area contributed by atoms with Crippen LogP contribution in [0.2, 0.25) is 0 Å². The van der Waals surface area contributed by atoms with Crippen LogP contribution >= 0.6 is 20.0 Å². The van der Waals surface area contributed by atoms with Gasteiger partial charge in [0.2, 0.25) is 0 Å². The van der Waals surface area contributed by atoms with Crippen molar-refractivity contribution in [3.63, 3.8) is 0 Å². The molecule has 2 aromatic rings. The van der Waals surface area contributed by atoms with Crippen LogP contribution in [-0.4, -0.2) is 23.8 Å². The maximum Gasteiger partial charge on any atom is 0.417 e. The van der Waals surface area contributed by atoms with Gasteiger partial charge in [-0.15, -0.1) is 11.8 Å². The van der Waals surface area contributed by atoms with E-state index < -0.39 is 20.0 Å². The monoisotopic (exact) mass is 521 g/mol. The van der Waals surface area contributed by atoms with Crippen LogP contribution in [0.25, 0.3) is 0 Å². The average molecular weight is 522 g/mol. The van der Waals surface area contributed by atoms with Crippen LogP contribution in [-0.2, 0) is 27.2 Å². The van der Waals surface area contributed by atoms with E-state index in [4.69, 9.17) is 4.89 Å². The number of alkyl halides is 3. The predicted molar refractivity (Wildman–Crippen MR) is 129 cm³/mol. The lowest BCUT2D eigenvalue weighted by atomic mass is 9.80. The summed E-state index contributed by atoms with van der Waals surface area (Å²) in [5.74, 6) is 0.309. The topological polar surface area (TPSA) is 58.6 Å². The number of rotatable bonds is 14. The Morgan fingerprint density at radius 3 is 2.47 bits per heavy atom. The zero-order valence-electron chi connectivity index (χ0n) is 19.4. The van der Waals surface area contributed by atoms with E-state index in [1.54, 1.807) is 18.2 Å².